The second-order valence-corrected chi connectivity index (χ2v) is 5.28. The first kappa shape index (κ1) is 15.1. The Morgan fingerprint density at radius 3 is 2.83 bits per heavy atom. The van der Waals surface area contributed by atoms with Gasteiger partial charge in [-0.1, -0.05) is 24.3 Å². The van der Waals surface area contributed by atoms with Crippen LogP contribution in [0.5, 0.6) is 0 Å². The Hall–Kier alpha value is -2.82. The van der Waals surface area contributed by atoms with Crippen LogP contribution in [0, 0.1) is 0 Å². The summed E-state index contributed by atoms with van der Waals surface area (Å²) in [6.45, 7) is 1.48. The number of aromatic nitrogens is 2. The van der Waals surface area contributed by atoms with E-state index in [0.717, 1.165) is 24.6 Å². The number of rotatable bonds is 5. The van der Waals surface area contributed by atoms with Gasteiger partial charge >= 0.3 is 0 Å². The SMILES string of the molecule is CN=C(NCCc1c[nH]c2ccccc12)NCc1ccccn1. The van der Waals surface area contributed by atoms with Crippen molar-refractivity contribution in [2.75, 3.05) is 13.6 Å². The van der Waals surface area contributed by atoms with E-state index in [1.165, 1.54) is 16.5 Å². The zero-order valence-electron chi connectivity index (χ0n) is 13.2. The number of guanidine groups is 1. The van der Waals surface area contributed by atoms with Gasteiger partial charge in [-0.05, 0) is 30.2 Å². The van der Waals surface area contributed by atoms with E-state index in [4.69, 9.17) is 0 Å². The molecule has 1 aromatic carbocycles. The molecule has 0 bridgehead atoms. The van der Waals surface area contributed by atoms with E-state index in [-0.39, 0.29) is 0 Å². The molecule has 2 heterocycles. The van der Waals surface area contributed by atoms with E-state index >= 15 is 0 Å². The molecule has 0 amide bonds. The van der Waals surface area contributed by atoms with E-state index in [9.17, 15) is 0 Å². The van der Waals surface area contributed by atoms with Gasteiger partial charge in [-0.25, -0.2) is 0 Å². The van der Waals surface area contributed by atoms with Crippen molar-refractivity contribution < 1.29 is 0 Å². The van der Waals surface area contributed by atoms with Crippen molar-refractivity contribution in [3.63, 3.8) is 0 Å². The summed E-state index contributed by atoms with van der Waals surface area (Å²) in [5.74, 6) is 0.787. The van der Waals surface area contributed by atoms with Crippen molar-refractivity contribution in [2.45, 2.75) is 13.0 Å². The van der Waals surface area contributed by atoms with Crippen LogP contribution >= 0.6 is 0 Å². The average Bonchev–Trinajstić information content (AvgIpc) is 3.02. The van der Waals surface area contributed by atoms with Gasteiger partial charge in [0.25, 0.3) is 0 Å². The summed E-state index contributed by atoms with van der Waals surface area (Å²) in [5, 5.41) is 7.89. The maximum atomic E-state index is 4.29. The first-order valence-corrected chi connectivity index (χ1v) is 7.76. The molecule has 3 rings (SSSR count). The Morgan fingerprint density at radius 1 is 1.13 bits per heavy atom. The van der Waals surface area contributed by atoms with Crippen LogP contribution in [0.1, 0.15) is 11.3 Å². The number of aromatic amines is 1. The summed E-state index contributed by atoms with van der Waals surface area (Å²) in [6.07, 6.45) is 4.81. The van der Waals surface area contributed by atoms with E-state index in [2.05, 4.69) is 50.0 Å². The molecule has 0 spiro atoms. The molecular formula is C18H21N5. The molecule has 0 aliphatic heterocycles. The number of hydrogen-bond acceptors (Lipinski definition) is 2. The van der Waals surface area contributed by atoms with Gasteiger partial charge in [-0.3, -0.25) is 9.98 Å². The first-order chi connectivity index (χ1) is 11.4. The van der Waals surface area contributed by atoms with Crippen molar-refractivity contribution in [3.05, 3.63) is 66.1 Å². The van der Waals surface area contributed by atoms with Crippen molar-refractivity contribution in [1.82, 2.24) is 20.6 Å². The Morgan fingerprint density at radius 2 is 2.00 bits per heavy atom. The number of hydrogen-bond donors (Lipinski definition) is 3. The van der Waals surface area contributed by atoms with Gasteiger partial charge in [-0.15, -0.1) is 0 Å². The highest BCUT2D eigenvalue weighted by molar-refractivity contribution is 5.83. The average molecular weight is 307 g/mol. The lowest BCUT2D eigenvalue weighted by Gasteiger charge is -2.11. The molecule has 0 saturated heterocycles. The second kappa shape index (κ2) is 7.45. The number of H-pyrrole nitrogens is 1. The number of para-hydroxylation sites is 1. The van der Waals surface area contributed by atoms with Gasteiger partial charge in [0.05, 0.1) is 12.2 Å². The standard InChI is InChI=1S/C18H21N5/c1-19-18(23-13-15-6-4-5-10-20-15)21-11-9-14-12-22-17-8-3-2-7-16(14)17/h2-8,10,12,22H,9,11,13H2,1H3,(H2,19,21,23). The molecule has 3 N–H and O–H groups in total. The Balaban J connectivity index is 1.50. The Kier molecular flexibility index (Phi) is 4.88. The fourth-order valence-electron chi connectivity index (χ4n) is 2.55. The summed E-state index contributed by atoms with van der Waals surface area (Å²) < 4.78 is 0. The van der Waals surface area contributed by atoms with E-state index in [1.54, 1.807) is 13.2 Å². The summed E-state index contributed by atoms with van der Waals surface area (Å²) in [6, 6.07) is 14.3. The normalized spacial score (nSPS) is 11.6. The van der Waals surface area contributed by atoms with Crippen LogP contribution < -0.4 is 10.6 Å². The summed E-state index contributed by atoms with van der Waals surface area (Å²) >= 11 is 0. The lowest BCUT2D eigenvalue weighted by Crippen LogP contribution is -2.38. The van der Waals surface area contributed by atoms with Gasteiger partial charge in [-0.2, -0.15) is 0 Å². The van der Waals surface area contributed by atoms with Crippen LogP contribution in [-0.2, 0) is 13.0 Å². The molecule has 0 radical (unpaired) electrons. The van der Waals surface area contributed by atoms with Crippen LogP contribution in [0.3, 0.4) is 0 Å². The molecule has 0 aliphatic rings. The van der Waals surface area contributed by atoms with Crippen LogP contribution in [0.25, 0.3) is 10.9 Å². The number of pyridine rings is 1. The van der Waals surface area contributed by atoms with Crippen LogP contribution in [0.4, 0.5) is 0 Å². The largest absolute Gasteiger partial charge is 0.361 e. The smallest absolute Gasteiger partial charge is 0.191 e. The predicted octanol–water partition coefficient (Wildman–Crippen LogP) is 2.47. The van der Waals surface area contributed by atoms with Crippen molar-refractivity contribution in [3.8, 4) is 0 Å². The molecule has 2 aromatic heterocycles. The maximum Gasteiger partial charge on any atom is 0.191 e. The zero-order valence-corrected chi connectivity index (χ0v) is 13.2. The molecule has 3 aromatic rings. The van der Waals surface area contributed by atoms with Gasteiger partial charge in [0.15, 0.2) is 5.96 Å². The molecule has 0 unspecified atom stereocenters. The van der Waals surface area contributed by atoms with E-state index in [1.807, 2.05) is 24.3 Å². The van der Waals surface area contributed by atoms with Gasteiger partial charge in [0.1, 0.15) is 0 Å². The van der Waals surface area contributed by atoms with Crippen molar-refractivity contribution >= 4 is 16.9 Å². The number of nitrogens with one attached hydrogen (secondary N) is 3. The molecule has 5 heteroatoms. The minimum absolute atomic E-state index is 0.660. The van der Waals surface area contributed by atoms with E-state index in [0.29, 0.717) is 6.54 Å². The third kappa shape index (κ3) is 3.88. The highest BCUT2D eigenvalue weighted by Gasteiger charge is 2.03. The number of nitrogens with zero attached hydrogens (tertiary/aromatic N) is 2. The third-order valence-electron chi connectivity index (χ3n) is 3.75. The molecule has 0 saturated carbocycles. The maximum absolute atomic E-state index is 4.29. The van der Waals surface area contributed by atoms with Crippen LogP contribution in [0.15, 0.2) is 59.9 Å². The lowest BCUT2D eigenvalue weighted by atomic mass is 10.1. The fourth-order valence-corrected chi connectivity index (χ4v) is 2.55. The van der Waals surface area contributed by atoms with Crippen molar-refractivity contribution in [1.29, 1.82) is 0 Å². The fraction of sp³-hybridized carbons (Fsp3) is 0.222. The number of benzene rings is 1. The quantitative estimate of drug-likeness (QED) is 0.501. The molecule has 0 fully saturated rings. The number of fused-ring (bicyclic) bond motifs is 1. The van der Waals surface area contributed by atoms with Crippen molar-refractivity contribution in [2.24, 2.45) is 4.99 Å². The van der Waals surface area contributed by atoms with Gasteiger partial charge in [0.2, 0.25) is 0 Å². The highest BCUT2D eigenvalue weighted by Crippen LogP contribution is 2.17. The zero-order chi connectivity index (χ0) is 15.9. The Bertz CT molecular complexity index is 776. The summed E-state index contributed by atoms with van der Waals surface area (Å²) in [4.78, 5) is 11.8. The molecule has 0 atom stereocenters. The molecule has 5 nitrogen and oxygen atoms in total. The minimum atomic E-state index is 0.660. The molecule has 0 aliphatic carbocycles. The molecule has 23 heavy (non-hydrogen) atoms. The second-order valence-electron chi connectivity index (χ2n) is 5.28. The first-order valence-electron chi connectivity index (χ1n) is 7.76. The molecular weight excluding hydrogens is 286 g/mol. The highest BCUT2D eigenvalue weighted by atomic mass is 15.2. The lowest BCUT2D eigenvalue weighted by molar-refractivity contribution is 0.785. The number of aliphatic imine (C=N–C) groups is 1. The predicted molar refractivity (Wildman–Crippen MR) is 94.4 cm³/mol. The topological polar surface area (TPSA) is 65.1 Å². The van der Waals surface area contributed by atoms with Crippen LogP contribution in [-0.4, -0.2) is 29.5 Å². The van der Waals surface area contributed by atoms with Gasteiger partial charge < -0.3 is 15.6 Å². The summed E-state index contributed by atoms with van der Waals surface area (Å²) in [7, 11) is 1.78. The van der Waals surface area contributed by atoms with Gasteiger partial charge in [0, 0.05) is 36.9 Å². The Labute approximate surface area is 135 Å². The monoisotopic (exact) mass is 307 g/mol. The third-order valence-corrected chi connectivity index (χ3v) is 3.75. The van der Waals surface area contributed by atoms with Crippen LogP contribution in [0.2, 0.25) is 0 Å². The summed E-state index contributed by atoms with van der Waals surface area (Å²) in [5.41, 5.74) is 3.49. The van der Waals surface area contributed by atoms with E-state index < -0.39 is 0 Å². The minimum Gasteiger partial charge on any atom is -0.361 e. The molecule has 118 valence electrons.